The quantitative estimate of drug-likeness (QED) is 0.0181. The van der Waals surface area contributed by atoms with Crippen molar-refractivity contribution in [3.05, 3.63) is 102 Å². The number of carbonyl (C=O) groups is 7. The maximum atomic E-state index is 14.4. The lowest BCUT2D eigenvalue weighted by Gasteiger charge is -2.27. The zero-order valence-corrected chi connectivity index (χ0v) is 37.2. The number of benzene rings is 3. The van der Waals surface area contributed by atoms with Crippen molar-refractivity contribution in [1.82, 2.24) is 36.9 Å². The van der Waals surface area contributed by atoms with Crippen molar-refractivity contribution in [2.75, 3.05) is 13.1 Å². The van der Waals surface area contributed by atoms with Crippen molar-refractivity contribution in [3.8, 4) is 5.75 Å². The first-order valence-electron chi connectivity index (χ1n) is 22.0. The fourth-order valence-electron chi connectivity index (χ4n) is 7.24. The number of hydrogen-bond donors (Lipinski definition) is 14. The highest BCUT2D eigenvalue weighted by Gasteiger charge is 2.33. The number of phenols is 1. The van der Waals surface area contributed by atoms with Gasteiger partial charge in [-0.1, -0.05) is 67.1 Å². The Balaban J connectivity index is 1.62. The Morgan fingerprint density at radius 1 is 0.597 bits per heavy atom. The van der Waals surface area contributed by atoms with E-state index in [1.54, 1.807) is 36.5 Å². The molecule has 21 nitrogen and oxygen atoms in total. The molecule has 0 aliphatic heterocycles. The number of H-pyrrole nitrogens is 1. The van der Waals surface area contributed by atoms with Crippen LogP contribution in [0.15, 0.2) is 85.1 Å². The average Bonchev–Trinajstić information content (AvgIpc) is 3.71. The molecule has 360 valence electrons. The Hall–Kier alpha value is -7.52. The molecule has 4 aromatic rings. The second kappa shape index (κ2) is 26.4. The molecule has 1 aromatic heterocycles. The molecule has 0 spiro atoms. The summed E-state index contributed by atoms with van der Waals surface area (Å²) in [5.74, 6) is -5.86. The fraction of sp³-hybridized carbons (Fsp3) is 0.391. The molecule has 0 saturated carbocycles. The maximum absolute atomic E-state index is 14.4. The van der Waals surface area contributed by atoms with Crippen molar-refractivity contribution in [3.63, 3.8) is 0 Å². The summed E-state index contributed by atoms with van der Waals surface area (Å²) >= 11 is 0. The summed E-state index contributed by atoms with van der Waals surface area (Å²) in [4.78, 5) is 97.8. The first-order chi connectivity index (χ1) is 32.0. The Morgan fingerprint density at radius 2 is 1.13 bits per heavy atom. The molecule has 3 aromatic carbocycles. The average molecular weight is 926 g/mol. The Bertz CT molecular complexity index is 2310. The number of fused-ring (bicyclic) bond motifs is 1. The number of aromatic amines is 1. The second-order valence-electron chi connectivity index (χ2n) is 16.2. The highest BCUT2D eigenvalue weighted by atomic mass is 16.3. The number of carbonyl (C=O) groups excluding carboxylic acids is 7. The SMILES string of the molecule is N=C(N)NCCC[C@H](NC(=O)[C@H](Cc1ccc(O)cc1)NC(=O)[C@@H](CCC(N)=O)NC(=O)[C@@H](N)CCCCN)C(=O)N[C@H](Cc1ccccc1)C(=O)N[C@@H](Cc1c[nH]c2ccccc12)C(N)=O. The first-order valence-corrected chi connectivity index (χ1v) is 22.0. The minimum absolute atomic E-state index is 0.0296. The van der Waals surface area contributed by atoms with Gasteiger partial charge in [-0.25, -0.2) is 0 Å². The van der Waals surface area contributed by atoms with Gasteiger partial charge in [0.25, 0.3) is 0 Å². The smallest absolute Gasteiger partial charge is 0.243 e. The lowest BCUT2D eigenvalue weighted by atomic mass is 10.0. The Labute approximate surface area is 388 Å². The number of hydrogen-bond acceptors (Lipinski definition) is 11. The molecule has 67 heavy (non-hydrogen) atoms. The third kappa shape index (κ3) is 17.4. The molecule has 0 aliphatic rings. The zero-order valence-electron chi connectivity index (χ0n) is 37.2. The Morgan fingerprint density at radius 3 is 1.73 bits per heavy atom. The molecule has 4 rings (SSSR count). The lowest BCUT2D eigenvalue weighted by molar-refractivity contribution is -0.135. The summed E-state index contributed by atoms with van der Waals surface area (Å²) in [6.45, 7) is 0.523. The molecule has 0 saturated heterocycles. The van der Waals surface area contributed by atoms with Gasteiger partial charge in [-0.2, -0.15) is 0 Å². The van der Waals surface area contributed by atoms with Gasteiger partial charge in [0.2, 0.25) is 41.4 Å². The predicted octanol–water partition coefficient (Wildman–Crippen LogP) is -1.20. The van der Waals surface area contributed by atoms with E-state index < -0.39 is 77.6 Å². The van der Waals surface area contributed by atoms with Crippen LogP contribution in [0.25, 0.3) is 10.9 Å². The number of guanidine groups is 1. The molecule has 0 radical (unpaired) electrons. The number of rotatable bonds is 28. The molecular formula is C46H63N13O8. The summed E-state index contributed by atoms with van der Waals surface area (Å²) in [6.07, 6.45) is 2.61. The van der Waals surface area contributed by atoms with Crippen LogP contribution in [0.2, 0.25) is 0 Å². The first kappa shape index (κ1) is 52.1. The van der Waals surface area contributed by atoms with Crippen LogP contribution in [-0.2, 0) is 52.8 Å². The number of nitrogens with two attached hydrogens (primary N) is 5. The van der Waals surface area contributed by atoms with E-state index in [0.29, 0.717) is 30.5 Å². The molecule has 19 N–H and O–H groups in total. The number of phenolic OH excluding ortho intramolecular Hbond substituents is 1. The van der Waals surface area contributed by atoms with E-state index in [1.165, 1.54) is 24.3 Å². The van der Waals surface area contributed by atoms with Crippen LogP contribution in [0.4, 0.5) is 0 Å². The van der Waals surface area contributed by atoms with Crippen molar-refractivity contribution >= 4 is 58.2 Å². The van der Waals surface area contributed by atoms with Crippen LogP contribution >= 0.6 is 0 Å². The number of para-hydroxylation sites is 1. The molecular weight excluding hydrogens is 863 g/mol. The van der Waals surface area contributed by atoms with E-state index in [2.05, 4.69) is 36.9 Å². The Kier molecular flexibility index (Phi) is 20.6. The van der Waals surface area contributed by atoms with E-state index in [-0.39, 0.29) is 69.6 Å². The van der Waals surface area contributed by atoms with Crippen LogP contribution < -0.4 is 60.6 Å². The van der Waals surface area contributed by atoms with Crippen LogP contribution in [0, 0.1) is 5.41 Å². The molecule has 0 bridgehead atoms. The predicted molar refractivity (Wildman–Crippen MR) is 251 cm³/mol. The standard InChI is InChI=1S/C46H63N13O8/c47-21-7-6-12-32(48)41(63)55-35(19-20-39(49)61)43(65)59-38(24-28-15-17-30(60)18-16-28)44(66)56-34(14-8-22-53-46(51)52)42(64)58-37(23-27-9-2-1-3-10-27)45(67)57-36(40(50)62)25-29-26-54-33-13-5-4-11-31(29)33/h1-5,9-11,13,15-18,26,32,34-38,54,60H,6-8,12,14,19-25,47-48H2,(H2,49,61)(H2,50,62)(H,55,63)(H,56,66)(H,57,67)(H,58,64)(H,59,65)(H4,51,52,53)/t32-,34-,35+,36-,37+,38-/m0/s1. The number of aromatic hydroxyl groups is 1. The van der Waals surface area contributed by atoms with Gasteiger partial charge < -0.3 is 70.7 Å². The summed E-state index contributed by atoms with van der Waals surface area (Å²) in [7, 11) is 0. The summed E-state index contributed by atoms with van der Waals surface area (Å²) in [5, 5.41) is 34.4. The van der Waals surface area contributed by atoms with E-state index in [9.17, 15) is 38.7 Å². The lowest BCUT2D eigenvalue weighted by Crippen LogP contribution is -2.60. The van der Waals surface area contributed by atoms with Crippen molar-refractivity contribution in [2.45, 2.75) is 100 Å². The summed E-state index contributed by atoms with van der Waals surface area (Å²) < 4.78 is 0. The van der Waals surface area contributed by atoms with Gasteiger partial charge in [-0.15, -0.1) is 0 Å². The van der Waals surface area contributed by atoms with Gasteiger partial charge in [0, 0.05) is 49.3 Å². The second-order valence-corrected chi connectivity index (χ2v) is 16.2. The topological polar surface area (TPSA) is 382 Å². The van der Waals surface area contributed by atoms with E-state index >= 15 is 0 Å². The fourth-order valence-corrected chi connectivity index (χ4v) is 7.24. The van der Waals surface area contributed by atoms with Gasteiger partial charge in [-0.05, 0) is 73.5 Å². The van der Waals surface area contributed by atoms with Gasteiger partial charge in [-0.3, -0.25) is 39.0 Å². The molecule has 0 unspecified atom stereocenters. The van der Waals surface area contributed by atoms with Crippen molar-refractivity contribution in [1.29, 1.82) is 5.41 Å². The molecule has 0 aliphatic carbocycles. The van der Waals surface area contributed by atoms with E-state index in [0.717, 1.165) is 16.5 Å². The summed E-state index contributed by atoms with van der Waals surface area (Å²) in [6, 6.07) is 14.4. The molecule has 0 fully saturated rings. The van der Waals surface area contributed by atoms with Gasteiger partial charge in [0.15, 0.2) is 5.96 Å². The monoisotopic (exact) mass is 925 g/mol. The minimum atomic E-state index is -1.42. The van der Waals surface area contributed by atoms with Crippen LogP contribution in [0.5, 0.6) is 5.75 Å². The van der Waals surface area contributed by atoms with Gasteiger partial charge in [0.05, 0.1) is 6.04 Å². The minimum Gasteiger partial charge on any atom is -0.508 e. The van der Waals surface area contributed by atoms with E-state index in [4.69, 9.17) is 34.1 Å². The number of primary amides is 2. The highest BCUT2D eigenvalue weighted by Crippen LogP contribution is 2.20. The molecule has 7 amide bonds. The van der Waals surface area contributed by atoms with Crippen LogP contribution in [0.3, 0.4) is 0 Å². The normalized spacial score (nSPS) is 13.7. The largest absolute Gasteiger partial charge is 0.508 e. The number of aromatic nitrogens is 1. The zero-order chi connectivity index (χ0) is 48.9. The van der Waals surface area contributed by atoms with Crippen molar-refractivity contribution < 1.29 is 38.7 Å². The number of unbranched alkanes of at least 4 members (excludes halogenated alkanes) is 1. The van der Waals surface area contributed by atoms with Crippen molar-refractivity contribution in [2.24, 2.45) is 28.7 Å². The van der Waals surface area contributed by atoms with Gasteiger partial charge in [0.1, 0.15) is 36.0 Å². The number of amides is 7. The molecule has 1 heterocycles. The highest BCUT2D eigenvalue weighted by molar-refractivity contribution is 5.97. The number of nitrogens with one attached hydrogen (secondary N) is 8. The molecule has 6 atom stereocenters. The van der Waals surface area contributed by atoms with E-state index in [1.807, 2.05) is 24.3 Å². The molecule has 21 heteroatoms. The van der Waals surface area contributed by atoms with Crippen LogP contribution in [0.1, 0.15) is 61.6 Å². The summed E-state index contributed by atoms with van der Waals surface area (Å²) in [5.41, 5.74) is 31.0. The van der Waals surface area contributed by atoms with Gasteiger partial charge >= 0.3 is 0 Å². The third-order valence-corrected chi connectivity index (χ3v) is 10.9. The third-order valence-electron chi connectivity index (χ3n) is 10.9. The maximum Gasteiger partial charge on any atom is 0.243 e. The van der Waals surface area contributed by atoms with Crippen LogP contribution in [-0.4, -0.2) is 107 Å².